The molecule has 2 N–H and O–H groups in total. The molecule has 2 rings (SSSR count). The van der Waals surface area contributed by atoms with Crippen LogP contribution in [-0.4, -0.2) is 37.7 Å². The summed E-state index contributed by atoms with van der Waals surface area (Å²) in [6.07, 6.45) is 2.25. The van der Waals surface area contributed by atoms with Crippen molar-refractivity contribution < 1.29 is 4.74 Å². The molecule has 98 valence electrons. The first-order valence-corrected chi connectivity index (χ1v) is 6.42. The zero-order valence-corrected chi connectivity index (χ0v) is 10.9. The number of methoxy groups -OCH3 is 1. The first kappa shape index (κ1) is 12.9. The van der Waals surface area contributed by atoms with Gasteiger partial charge >= 0.3 is 0 Å². The van der Waals surface area contributed by atoms with Crippen LogP contribution in [-0.2, 0) is 4.74 Å². The lowest BCUT2D eigenvalue weighted by Crippen LogP contribution is -2.43. The Kier molecular flexibility index (Phi) is 4.59. The van der Waals surface area contributed by atoms with Crippen LogP contribution in [0.25, 0.3) is 0 Å². The summed E-state index contributed by atoms with van der Waals surface area (Å²) in [7, 11) is 1.76. The predicted molar refractivity (Wildman–Crippen MR) is 73.9 cm³/mol. The number of nitrogens with zero attached hydrogens (tertiary/aromatic N) is 2. The Morgan fingerprint density at radius 2 is 2.00 bits per heavy atom. The van der Waals surface area contributed by atoms with Crippen molar-refractivity contribution in [2.75, 3.05) is 26.8 Å². The lowest BCUT2D eigenvalue weighted by Gasteiger charge is -2.32. The minimum atomic E-state index is 0.622. The third-order valence-electron chi connectivity index (χ3n) is 3.34. The minimum absolute atomic E-state index is 0.622. The van der Waals surface area contributed by atoms with Crippen molar-refractivity contribution in [3.63, 3.8) is 0 Å². The van der Waals surface area contributed by atoms with Crippen LogP contribution in [0.5, 0.6) is 0 Å². The molecule has 0 aromatic heterocycles. The van der Waals surface area contributed by atoms with Crippen LogP contribution < -0.4 is 5.73 Å². The number of rotatable bonds is 3. The van der Waals surface area contributed by atoms with Gasteiger partial charge in [0.2, 0.25) is 0 Å². The summed E-state index contributed by atoms with van der Waals surface area (Å²) in [6, 6.07) is 9.84. The second-order valence-electron chi connectivity index (χ2n) is 4.69. The standard InChI is InChI=1S/C14H21N3O/c1-18-11-12-7-9-17(10-8-12)14(15)16-13-5-3-2-4-6-13/h2-6,12H,7-11H2,1H3,(H2,15,16). The largest absolute Gasteiger partial charge is 0.384 e. The summed E-state index contributed by atoms with van der Waals surface area (Å²) < 4.78 is 5.19. The van der Waals surface area contributed by atoms with Crippen LogP contribution >= 0.6 is 0 Å². The molecule has 1 aliphatic heterocycles. The highest BCUT2D eigenvalue weighted by molar-refractivity contribution is 5.81. The van der Waals surface area contributed by atoms with Gasteiger partial charge in [-0.2, -0.15) is 0 Å². The molecule has 0 spiro atoms. The van der Waals surface area contributed by atoms with Gasteiger partial charge in [-0.15, -0.1) is 0 Å². The Morgan fingerprint density at radius 1 is 1.33 bits per heavy atom. The number of nitrogens with two attached hydrogens (primary N) is 1. The maximum absolute atomic E-state index is 6.04. The van der Waals surface area contributed by atoms with Crippen molar-refractivity contribution >= 4 is 11.6 Å². The van der Waals surface area contributed by atoms with Crippen molar-refractivity contribution in [1.82, 2.24) is 4.90 Å². The van der Waals surface area contributed by atoms with Crippen LogP contribution in [0.2, 0.25) is 0 Å². The highest BCUT2D eigenvalue weighted by Gasteiger charge is 2.20. The van der Waals surface area contributed by atoms with E-state index in [0.717, 1.165) is 38.2 Å². The second kappa shape index (κ2) is 6.40. The van der Waals surface area contributed by atoms with Crippen LogP contribution in [0.15, 0.2) is 35.3 Å². The highest BCUT2D eigenvalue weighted by atomic mass is 16.5. The lowest BCUT2D eigenvalue weighted by molar-refractivity contribution is 0.119. The Bertz CT molecular complexity index is 383. The van der Waals surface area contributed by atoms with Crippen LogP contribution in [0.3, 0.4) is 0 Å². The van der Waals surface area contributed by atoms with Gasteiger partial charge in [0.25, 0.3) is 0 Å². The molecule has 0 amide bonds. The first-order valence-electron chi connectivity index (χ1n) is 6.42. The van der Waals surface area contributed by atoms with E-state index in [4.69, 9.17) is 10.5 Å². The predicted octanol–water partition coefficient (Wildman–Crippen LogP) is 1.99. The fourth-order valence-corrected chi connectivity index (χ4v) is 2.27. The van der Waals surface area contributed by atoms with E-state index in [1.165, 1.54) is 0 Å². The number of piperidine rings is 1. The van der Waals surface area contributed by atoms with Crippen LogP contribution in [0, 0.1) is 5.92 Å². The number of likely N-dealkylation sites (tertiary alicyclic amines) is 1. The van der Waals surface area contributed by atoms with Gasteiger partial charge in [0.15, 0.2) is 5.96 Å². The number of hydrogen-bond donors (Lipinski definition) is 1. The zero-order chi connectivity index (χ0) is 12.8. The van der Waals surface area contributed by atoms with E-state index in [0.29, 0.717) is 11.9 Å². The lowest BCUT2D eigenvalue weighted by atomic mass is 9.98. The molecule has 18 heavy (non-hydrogen) atoms. The Balaban J connectivity index is 1.91. The molecule has 1 saturated heterocycles. The number of guanidine groups is 1. The first-order chi connectivity index (χ1) is 8.79. The molecule has 1 aromatic rings. The average Bonchev–Trinajstić information content (AvgIpc) is 2.41. The van der Waals surface area contributed by atoms with Gasteiger partial charge in [0.05, 0.1) is 5.69 Å². The van der Waals surface area contributed by atoms with E-state index in [9.17, 15) is 0 Å². The number of para-hydroxylation sites is 1. The van der Waals surface area contributed by atoms with Crippen molar-refractivity contribution in [1.29, 1.82) is 0 Å². The molecular formula is C14H21N3O. The third kappa shape index (κ3) is 3.47. The molecule has 4 nitrogen and oxygen atoms in total. The molecule has 0 radical (unpaired) electrons. The molecule has 0 bridgehead atoms. The number of ether oxygens (including phenoxy) is 1. The van der Waals surface area contributed by atoms with E-state index in [1.54, 1.807) is 7.11 Å². The Labute approximate surface area is 108 Å². The molecule has 0 atom stereocenters. The van der Waals surface area contributed by atoms with Gasteiger partial charge in [-0.1, -0.05) is 18.2 Å². The SMILES string of the molecule is COCC1CCN(C(N)=Nc2ccccc2)CC1. The summed E-state index contributed by atoms with van der Waals surface area (Å²) in [5.74, 6) is 1.29. The topological polar surface area (TPSA) is 50.9 Å². The fourth-order valence-electron chi connectivity index (χ4n) is 2.27. The van der Waals surface area contributed by atoms with E-state index >= 15 is 0 Å². The smallest absolute Gasteiger partial charge is 0.196 e. The van der Waals surface area contributed by atoms with E-state index in [-0.39, 0.29) is 0 Å². The monoisotopic (exact) mass is 247 g/mol. The quantitative estimate of drug-likeness (QED) is 0.656. The average molecular weight is 247 g/mol. The molecule has 0 saturated carbocycles. The van der Waals surface area contributed by atoms with Gasteiger partial charge in [0, 0.05) is 26.8 Å². The van der Waals surface area contributed by atoms with Crippen LogP contribution in [0.4, 0.5) is 5.69 Å². The van der Waals surface area contributed by atoms with Gasteiger partial charge in [-0.05, 0) is 30.9 Å². The fraction of sp³-hybridized carbons (Fsp3) is 0.500. The van der Waals surface area contributed by atoms with E-state index in [1.807, 2.05) is 30.3 Å². The molecule has 1 aliphatic rings. The maximum Gasteiger partial charge on any atom is 0.196 e. The van der Waals surface area contributed by atoms with Crippen molar-refractivity contribution in [3.05, 3.63) is 30.3 Å². The summed E-state index contributed by atoms with van der Waals surface area (Å²) in [5.41, 5.74) is 6.96. The molecule has 0 aliphatic carbocycles. The van der Waals surface area contributed by atoms with Gasteiger partial charge < -0.3 is 15.4 Å². The molecule has 1 heterocycles. The van der Waals surface area contributed by atoms with Gasteiger partial charge in [0.1, 0.15) is 0 Å². The highest BCUT2D eigenvalue weighted by Crippen LogP contribution is 2.18. The Morgan fingerprint density at radius 3 is 2.61 bits per heavy atom. The van der Waals surface area contributed by atoms with Gasteiger partial charge in [-0.3, -0.25) is 0 Å². The zero-order valence-electron chi connectivity index (χ0n) is 10.9. The number of aliphatic imine (C=N–C) groups is 1. The van der Waals surface area contributed by atoms with E-state index in [2.05, 4.69) is 9.89 Å². The molecule has 1 fully saturated rings. The third-order valence-corrected chi connectivity index (χ3v) is 3.34. The molecular weight excluding hydrogens is 226 g/mol. The molecule has 4 heteroatoms. The van der Waals surface area contributed by atoms with E-state index < -0.39 is 0 Å². The minimum Gasteiger partial charge on any atom is -0.384 e. The maximum atomic E-state index is 6.04. The molecule has 1 aromatic carbocycles. The summed E-state index contributed by atoms with van der Waals surface area (Å²) in [5, 5.41) is 0. The Hall–Kier alpha value is -1.55. The summed E-state index contributed by atoms with van der Waals surface area (Å²) in [4.78, 5) is 6.59. The van der Waals surface area contributed by atoms with Crippen molar-refractivity contribution in [2.45, 2.75) is 12.8 Å². The normalized spacial score (nSPS) is 18.1. The van der Waals surface area contributed by atoms with Crippen molar-refractivity contribution in [2.24, 2.45) is 16.6 Å². The summed E-state index contributed by atoms with van der Waals surface area (Å²) in [6.45, 7) is 2.79. The molecule has 0 unspecified atom stereocenters. The van der Waals surface area contributed by atoms with Crippen molar-refractivity contribution in [3.8, 4) is 0 Å². The van der Waals surface area contributed by atoms with Gasteiger partial charge in [-0.25, -0.2) is 4.99 Å². The number of benzene rings is 1. The second-order valence-corrected chi connectivity index (χ2v) is 4.69. The summed E-state index contributed by atoms with van der Waals surface area (Å²) >= 11 is 0. The number of hydrogen-bond acceptors (Lipinski definition) is 2. The van der Waals surface area contributed by atoms with Crippen LogP contribution in [0.1, 0.15) is 12.8 Å².